The van der Waals surface area contributed by atoms with Gasteiger partial charge < -0.3 is 10.8 Å². The van der Waals surface area contributed by atoms with E-state index in [0.717, 1.165) is 0 Å². The number of pyridine rings is 1. The molecule has 0 spiro atoms. The fourth-order valence-electron chi connectivity index (χ4n) is 3.89. The molecule has 170 valence electrons. The molecule has 0 aliphatic heterocycles. The molecule has 0 aliphatic rings. The summed E-state index contributed by atoms with van der Waals surface area (Å²) in [7, 11) is 0. The monoisotopic (exact) mass is 459 g/mol. The van der Waals surface area contributed by atoms with Crippen molar-refractivity contribution in [2.45, 2.75) is 20.1 Å². The van der Waals surface area contributed by atoms with E-state index in [1.54, 1.807) is 43.5 Å². The molecule has 11 heteroatoms. The van der Waals surface area contributed by atoms with E-state index in [1.807, 2.05) is 6.07 Å². The third-order valence-corrected chi connectivity index (χ3v) is 5.34. The van der Waals surface area contributed by atoms with Gasteiger partial charge in [0.1, 0.15) is 18.1 Å². The molecule has 4 aromatic heterocycles. The second-order valence-electron chi connectivity index (χ2n) is 7.73. The SMILES string of the molecule is Cc1cc(-c2c(-c3ccc(F)cc3)nc(N)[n+]3c(=O)n(Cc4cccnn4)[nH]c23)cc(CO)n1. The van der Waals surface area contributed by atoms with Crippen LogP contribution in [0.3, 0.4) is 0 Å². The number of benzene rings is 1. The zero-order valence-corrected chi connectivity index (χ0v) is 18.1. The van der Waals surface area contributed by atoms with Crippen molar-refractivity contribution in [3.63, 3.8) is 0 Å². The van der Waals surface area contributed by atoms with Crippen molar-refractivity contribution >= 4 is 11.6 Å². The van der Waals surface area contributed by atoms with Crippen LogP contribution in [0.15, 0.2) is 59.5 Å². The quantitative estimate of drug-likeness (QED) is 0.338. The van der Waals surface area contributed by atoms with E-state index in [1.165, 1.54) is 21.2 Å². The smallest absolute Gasteiger partial charge is 0.390 e. The number of aromatic amines is 1. The molecule has 0 saturated heterocycles. The summed E-state index contributed by atoms with van der Waals surface area (Å²) < 4.78 is 16.3. The molecule has 0 aliphatic carbocycles. The zero-order chi connectivity index (χ0) is 23.8. The highest BCUT2D eigenvalue weighted by molar-refractivity contribution is 5.88. The molecule has 1 aromatic carbocycles. The maximum Gasteiger partial charge on any atom is 0.428 e. The highest BCUT2D eigenvalue weighted by Gasteiger charge is 2.26. The van der Waals surface area contributed by atoms with Gasteiger partial charge in [-0.3, -0.25) is 4.98 Å². The van der Waals surface area contributed by atoms with Gasteiger partial charge in [0.15, 0.2) is 0 Å². The molecule has 5 rings (SSSR count). The number of hydrogen-bond donors (Lipinski definition) is 3. The molecular formula is C23H20FN8O2+. The first-order valence-electron chi connectivity index (χ1n) is 10.4. The van der Waals surface area contributed by atoms with Crippen molar-refractivity contribution < 1.29 is 13.9 Å². The Morgan fingerprint density at radius 2 is 1.91 bits per heavy atom. The minimum atomic E-state index is -0.439. The fourth-order valence-corrected chi connectivity index (χ4v) is 3.89. The first-order valence-corrected chi connectivity index (χ1v) is 10.4. The number of nitrogens with zero attached hydrogens (tertiary/aromatic N) is 6. The third kappa shape index (κ3) is 3.77. The average Bonchev–Trinajstić information content (AvgIpc) is 3.15. The van der Waals surface area contributed by atoms with Crippen LogP contribution in [0.5, 0.6) is 0 Å². The molecular weight excluding hydrogens is 439 g/mol. The number of aliphatic hydroxyl groups is 1. The largest absolute Gasteiger partial charge is 0.428 e. The summed E-state index contributed by atoms with van der Waals surface area (Å²) in [4.78, 5) is 22.1. The molecule has 4 N–H and O–H groups in total. The lowest BCUT2D eigenvalue weighted by Crippen LogP contribution is -2.44. The van der Waals surface area contributed by atoms with Crippen LogP contribution in [0.1, 0.15) is 17.1 Å². The van der Waals surface area contributed by atoms with Crippen LogP contribution in [0, 0.1) is 12.7 Å². The fraction of sp³-hybridized carbons (Fsp3) is 0.130. The summed E-state index contributed by atoms with van der Waals surface area (Å²) in [6.45, 7) is 1.68. The normalized spacial score (nSPS) is 11.3. The average molecular weight is 459 g/mol. The highest BCUT2D eigenvalue weighted by Crippen LogP contribution is 2.33. The van der Waals surface area contributed by atoms with Crippen LogP contribution in [-0.2, 0) is 13.2 Å². The Kier molecular flexibility index (Phi) is 5.30. The van der Waals surface area contributed by atoms with Crippen molar-refractivity contribution in [2.24, 2.45) is 0 Å². The van der Waals surface area contributed by atoms with Crippen LogP contribution in [0.4, 0.5) is 10.3 Å². The Morgan fingerprint density at radius 3 is 2.62 bits per heavy atom. The summed E-state index contributed by atoms with van der Waals surface area (Å²) in [5.74, 6) is -0.426. The predicted octanol–water partition coefficient (Wildman–Crippen LogP) is 1.40. The molecule has 10 nitrogen and oxygen atoms in total. The summed E-state index contributed by atoms with van der Waals surface area (Å²) in [6.07, 6.45) is 1.55. The molecule has 0 amide bonds. The second-order valence-corrected chi connectivity index (χ2v) is 7.73. The van der Waals surface area contributed by atoms with Crippen LogP contribution in [0.2, 0.25) is 0 Å². The number of fused-ring (bicyclic) bond motifs is 1. The van der Waals surface area contributed by atoms with E-state index in [-0.39, 0.29) is 24.9 Å². The molecule has 34 heavy (non-hydrogen) atoms. The van der Waals surface area contributed by atoms with Gasteiger partial charge in [0.2, 0.25) is 5.65 Å². The van der Waals surface area contributed by atoms with Gasteiger partial charge in [-0.25, -0.2) is 14.3 Å². The van der Waals surface area contributed by atoms with Gasteiger partial charge >= 0.3 is 11.6 Å². The standard InChI is InChI=1S/C23H19FN8O2/c1-13-9-15(10-18(12-33)27-13)19-20(14-4-6-16(24)7-5-14)28-22(25)32-21(19)30-31(23(32)34)11-17-3-2-8-26-29-17/h2-10,33H,11-12H2,1H3,(H2,25,27,28,30)/p+1. The van der Waals surface area contributed by atoms with Crippen molar-refractivity contribution in [1.29, 1.82) is 0 Å². The van der Waals surface area contributed by atoms with Gasteiger partial charge in [0.25, 0.3) is 0 Å². The Morgan fingerprint density at radius 1 is 1.12 bits per heavy atom. The molecule has 0 fully saturated rings. The molecule has 0 radical (unpaired) electrons. The Labute approximate surface area is 192 Å². The summed E-state index contributed by atoms with van der Waals surface area (Å²) in [6, 6.07) is 12.8. The maximum atomic E-state index is 13.6. The van der Waals surface area contributed by atoms with E-state index < -0.39 is 5.69 Å². The molecule has 0 saturated carbocycles. The van der Waals surface area contributed by atoms with Gasteiger partial charge in [0, 0.05) is 17.5 Å². The summed E-state index contributed by atoms with van der Waals surface area (Å²) in [5, 5.41) is 20.7. The van der Waals surface area contributed by atoms with Crippen molar-refractivity contribution in [1.82, 2.24) is 29.9 Å². The molecule has 0 atom stereocenters. The van der Waals surface area contributed by atoms with Gasteiger partial charge in [-0.05, 0) is 61.0 Å². The van der Waals surface area contributed by atoms with Crippen LogP contribution in [-0.4, -0.2) is 35.1 Å². The number of nitrogens with two attached hydrogens (primary N) is 1. The van der Waals surface area contributed by atoms with Crippen molar-refractivity contribution in [3.05, 3.63) is 88.1 Å². The minimum Gasteiger partial charge on any atom is -0.390 e. The Bertz CT molecular complexity index is 1560. The third-order valence-electron chi connectivity index (χ3n) is 5.34. The number of halogens is 1. The van der Waals surface area contributed by atoms with Crippen molar-refractivity contribution in [2.75, 3.05) is 5.73 Å². The zero-order valence-electron chi connectivity index (χ0n) is 18.1. The number of nitrogen functional groups attached to an aromatic ring is 1. The van der Waals surface area contributed by atoms with Crippen LogP contribution in [0.25, 0.3) is 28.0 Å². The van der Waals surface area contributed by atoms with E-state index in [4.69, 9.17) is 5.73 Å². The first kappa shape index (κ1) is 21.3. The number of aliphatic hydroxyl groups excluding tert-OH is 1. The number of H-pyrrole nitrogens is 1. The van der Waals surface area contributed by atoms with Crippen LogP contribution >= 0.6 is 0 Å². The summed E-state index contributed by atoms with van der Waals surface area (Å²) >= 11 is 0. The van der Waals surface area contributed by atoms with Gasteiger partial charge in [0.05, 0.1) is 23.6 Å². The maximum absolute atomic E-state index is 13.6. The van der Waals surface area contributed by atoms with E-state index in [2.05, 4.69) is 25.3 Å². The number of rotatable bonds is 5. The Hall–Kier alpha value is -4.51. The minimum absolute atomic E-state index is 0.0367. The molecule has 0 unspecified atom stereocenters. The van der Waals surface area contributed by atoms with Gasteiger partial charge in [-0.1, -0.05) is 0 Å². The van der Waals surface area contributed by atoms with Crippen LogP contribution < -0.4 is 15.8 Å². The predicted molar refractivity (Wildman–Crippen MR) is 121 cm³/mol. The Balaban J connectivity index is 1.83. The van der Waals surface area contributed by atoms with Crippen molar-refractivity contribution in [3.8, 4) is 22.4 Å². The molecule has 4 heterocycles. The number of aryl methyl sites for hydroxylation is 1. The summed E-state index contributed by atoms with van der Waals surface area (Å²) in [5.41, 5.74) is 10.1. The topological polar surface area (TPSA) is 140 Å². The highest BCUT2D eigenvalue weighted by atomic mass is 19.1. The number of anilines is 1. The second kappa shape index (κ2) is 8.45. The lowest BCUT2D eigenvalue weighted by Gasteiger charge is -2.10. The lowest BCUT2D eigenvalue weighted by atomic mass is 9.99. The first-order chi connectivity index (χ1) is 16.4. The molecule has 5 aromatic rings. The van der Waals surface area contributed by atoms with E-state index in [0.29, 0.717) is 45.1 Å². The van der Waals surface area contributed by atoms with Gasteiger partial charge in [-0.2, -0.15) is 14.9 Å². The lowest BCUT2D eigenvalue weighted by molar-refractivity contribution is -0.516. The van der Waals surface area contributed by atoms with E-state index in [9.17, 15) is 14.3 Å². The number of hydrogen-bond acceptors (Lipinski definition) is 7. The number of nitrogens with one attached hydrogen (secondary N) is 1. The number of aromatic nitrogens is 7. The van der Waals surface area contributed by atoms with Gasteiger partial charge in [-0.15, -0.1) is 9.38 Å². The van der Waals surface area contributed by atoms with E-state index >= 15 is 0 Å². The molecule has 0 bridgehead atoms.